The standard InChI is InChI=1S/C9H15N3O6/c13-7(5-18-6-8(14)15)10-9(16)11-12-1-3-17-4-2-12/h1-6H2,(H,14,15)(H2,10,11,13,16). The molecule has 9 nitrogen and oxygen atoms in total. The third-order valence-corrected chi connectivity index (χ3v) is 1.98. The second-order valence-electron chi connectivity index (χ2n) is 3.48. The third-order valence-electron chi connectivity index (χ3n) is 1.98. The number of carbonyl (C=O) groups excluding carboxylic acids is 2. The Morgan fingerprint density at radius 2 is 1.89 bits per heavy atom. The Labute approximate surface area is 103 Å². The fraction of sp³-hybridized carbons (Fsp3) is 0.667. The van der Waals surface area contributed by atoms with Gasteiger partial charge in [-0.2, -0.15) is 0 Å². The molecule has 0 aromatic carbocycles. The molecule has 0 aliphatic carbocycles. The molecular formula is C9H15N3O6. The van der Waals surface area contributed by atoms with Crippen molar-refractivity contribution in [2.75, 3.05) is 39.5 Å². The Morgan fingerprint density at radius 1 is 1.22 bits per heavy atom. The van der Waals surface area contributed by atoms with Gasteiger partial charge in [0.2, 0.25) is 0 Å². The van der Waals surface area contributed by atoms with Crippen LogP contribution in [-0.2, 0) is 19.1 Å². The lowest BCUT2D eigenvalue weighted by molar-refractivity contribution is -0.143. The average Bonchev–Trinajstić information content (AvgIpc) is 2.29. The highest BCUT2D eigenvalue weighted by atomic mass is 16.5. The van der Waals surface area contributed by atoms with Crippen LogP contribution in [0.15, 0.2) is 0 Å². The summed E-state index contributed by atoms with van der Waals surface area (Å²) in [6.07, 6.45) is 0. The Hall–Kier alpha value is -1.71. The SMILES string of the molecule is O=C(O)COCC(=O)NC(=O)NN1CCOCC1. The molecule has 18 heavy (non-hydrogen) atoms. The maximum absolute atomic E-state index is 11.3. The lowest BCUT2D eigenvalue weighted by atomic mass is 10.5. The highest BCUT2D eigenvalue weighted by molar-refractivity contribution is 5.94. The number of carboxylic acid groups (broad SMARTS) is 1. The van der Waals surface area contributed by atoms with Gasteiger partial charge in [0.05, 0.1) is 13.2 Å². The molecule has 1 aliphatic rings. The van der Waals surface area contributed by atoms with E-state index in [0.717, 1.165) is 0 Å². The van der Waals surface area contributed by atoms with Gasteiger partial charge in [0.1, 0.15) is 13.2 Å². The first kappa shape index (κ1) is 14.4. The van der Waals surface area contributed by atoms with Crippen molar-refractivity contribution in [1.82, 2.24) is 15.8 Å². The van der Waals surface area contributed by atoms with Gasteiger partial charge in [0.15, 0.2) is 0 Å². The molecule has 3 amide bonds. The van der Waals surface area contributed by atoms with Crippen LogP contribution in [0.3, 0.4) is 0 Å². The number of nitrogens with zero attached hydrogens (tertiary/aromatic N) is 1. The van der Waals surface area contributed by atoms with Gasteiger partial charge in [-0.3, -0.25) is 15.5 Å². The van der Waals surface area contributed by atoms with Crippen molar-refractivity contribution in [3.05, 3.63) is 0 Å². The van der Waals surface area contributed by atoms with Crippen molar-refractivity contribution in [1.29, 1.82) is 0 Å². The minimum Gasteiger partial charge on any atom is -0.480 e. The van der Waals surface area contributed by atoms with Gasteiger partial charge in [-0.25, -0.2) is 14.6 Å². The summed E-state index contributed by atoms with van der Waals surface area (Å²) in [4.78, 5) is 32.6. The van der Waals surface area contributed by atoms with Gasteiger partial charge in [-0.1, -0.05) is 0 Å². The zero-order chi connectivity index (χ0) is 13.4. The number of urea groups is 1. The summed E-state index contributed by atoms with van der Waals surface area (Å²) < 4.78 is 9.60. The van der Waals surface area contributed by atoms with E-state index in [2.05, 4.69) is 10.2 Å². The third kappa shape index (κ3) is 6.13. The number of hydrogen-bond donors (Lipinski definition) is 3. The van der Waals surface area contributed by atoms with E-state index in [1.165, 1.54) is 0 Å². The van der Waals surface area contributed by atoms with E-state index in [1.54, 1.807) is 5.01 Å². The molecule has 1 rings (SSSR count). The quantitative estimate of drug-likeness (QED) is 0.532. The molecule has 1 saturated heterocycles. The Bertz CT molecular complexity index is 315. The largest absolute Gasteiger partial charge is 0.480 e. The Balaban J connectivity index is 2.14. The van der Waals surface area contributed by atoms with Gasteiger partial charge in [-0.05, 0) is 0 Å². The predicted molar refractivity (Wildman–Crippen MR) is 57.5 cm³/mol. The molecule has 0 saturated carbocycles. The lowest BCUT2D eigenvalue weighted by Crippen LogP contribution is -2.53. The summed E-state index contributed by atoms with van der Waals surface area (Å²) >= 11 is 0. The molecule has 9 heteroatoms. The van der Waals surface area contributed by atoms with Gasteiger partial charge in [0.25, 0.3) is 5.91 Å². The highest BCUT2D eigenvalue weighted by Gasteiger charge is 2.14. The highest BCUT2D eigenvalue weighted by Crippen LogP contribution is 1.91. The van der Waals surface area contributed by atoms with Crippen LogP contribution in [0.4, 0.5) is 4.79 Å². The summed E-state index contributed by atoms with van der Waals surface area (Å²) in [7, 11) is 0. The summed E-state index contributed by atoms with van der Waals surface area (Å²) in [5, 5.41) is 11.9. The fourth-order valence-electron chi connectivity index (χ4n) is 1.24. The molecule has 3 N–H and O–H groups in total. The molecule has 1 aliphatic heterocycles. The molecular weight excluding hydrogens is 246 g/mol. The van der Waals surface area contributed by atoms with E-state index in [0.29, 0.717) is 26.3 Å². The first-order valence-corrected chi connectivity index (χ1v) is 5.30. The molecule has 0 aromatic rings. The van der Waals surface area contributed by atoms with Crippen LogP contribution in [-0.4, -0.2) is 67.5 Å². The van der Waals surface area contributed by atoms with Crippen molar-refractivity contribution in [2.45, 2.75) is 0 Å². The molecule has 1 heterocycles. The van der Waals surface area contributed by atoms with E-state index in [-0.39, 0.29) is 0 Å². The molecule has 0 bridgehead atoms. The number of rotatable bonds is 5. The van der Waals surface area contributed by atoms with E-state index in [4.69, 9.17) is 9.84 Å². The van der Waals surface area contributed by atoms with Gasteiger partial charge >= 0.3 is 12.0 Å². The molecule has 0 spiro atoms. The number of aliphatic carboxylic acids is 1. The van der Waals surface area contributed by atoms with Crippen molar-refractivity contribution in [2.24, 2.45) is 0 Å². The summed E-state index contributed by atoms with van der Waals surface area (Å²) in [5.74, 6) is -1.89. The predicted octanol–water partition coefficient (Wildman–Crippen LogP) is -1.84. The van der Waals surface area contributed by atoms with E-state index in [9.17, 15) is 14.4 Å². The van der Waals surface area contributed by atoms with Crippen LogP contribution in [0.1, 0.15) is 0 Å². The summed E-state index contributed by atoms with van der Waals surface area (Å²) in [5.41, 5.74) is 2.46. The van der Waals surface area contributed by atoms with Crippen LogP contribution in [0.25, 0.3) is 0 Å². The van der Waals surface area contributed by atoms with Crippen LogP contribution in [0.5, 0.6) is 0 Å². The topological polar surface area (TPSA) is 117 Å². The van der Waals surface area contributed by atoms with Gasteiger partial charge < -0.3 is 14.6 Å². The number of morpholine rings is 1. The maximum atomic E-state index is 11.3. The van der Waals surface area contributed by atoms with Crippen molar-refractivity contribution in [3.63, 3.8) is 0 Å². The van der Waals surface area contributed by atoms with Crippen molar-refractivity contribution >= 4 is 17.9 Å². The number of carboxylic acids is 1. The van der Waals surface area contributed by atoms with Crippen LogP contribution in [0.2, 0.25) is 0 Å². The van der Waals surface area contributed by atoms with Crippen molar-refractivity contribution < 1.29 is 29.0 Å². The molecule has 1 fully saturated rings. The van der Waals surface area contributed by atoms with Gasteiger partial charge in [0, 0.05) is 13.1 Å². The van der Waals surface area contributed by atoms with Crippen molar-refractivity contribution in [3.8, 4) is 0 Å². The molecule has 0 unspecified atom stereocenters. The smallest absolute Gasteiger partial charge is 0.336 e. The Kier molecular flexibility index (Phi) is 6.05. The normalized spacial score (nSPS) is 16.0. The number of imide groups is 1. The monoisotopic (exact) mass is 261 g/mol. The Morgan fingerprint density at radius 3 is 2.50 bits per heavy atom. The van der Waals surface area contributed by atoms with Crippen LogP contribution < -0.4 is 10.7 Å². The molecule has 102 valence electrons. The molecule has 0 atom stereocenters. The zero-order valence-corrected chi connectivity index (χ0v) is 9.68. The first-order valence-electron chi connectivity index (χ1n) is 5.30. The molecule has 0 aromatic heterocycles. The van der Waals surface area contributed by atoms with Crippen LogP contribution in [0, 0.1) is 0 Å². The number of nitrogens with one attached hydrogen (secondary N) is 2. The average molecular weight is 261 g/mol. The minimum atomic E-state index is -1.18. The number of amides is 3. The van der Waals surface area contributed by atoms with E-state index < -0.39 is 31.1 Å². The van der Waals surface area contributed by atoms with Gasteiger partial charge in [-0.15, -0.1) is 0 Å². The second kappa shape index (κ2) is 7.58. The zero-order valence-electron chi connectivity index (χ0n) is 9.68. The molecule has 0 radical (unpaired) electrons. The van der Waals surface area contributed by atoms with E-state index in [1.807, 2.05) is 5.32 Å². The number of carbonyl (C=O) groups is 3. The van der Waals surface area contributed by atoms with Crippen LogP contribution >= 0.6 is 0 Å². The fourth-order valence-corrected chi connectivity index (χ4v) is 1.24. The second-order valence-corrected chi connectivity index (χ2v) is 3.48. The summed E-state index contributed by atoms with van der Waals surface area (Å²) in [6.45, 7) is 1.03. The summed E-state index contributed by atoms with van der Waals surface area (Å²) in [6, 6.07) is -0.680. The lowest BCUT2D eigenvalue weighted by Gasteiger charge is -2.26. The number of hydrogen-bond acceptors (Lipinski definition) is 6. The van der Waals surface area contributed by atoms with E-state index >= 15 is 0 Å². The number of hydrazine groups is 1. The minimum absolute atomic E-state index is 0.483. The first-order chi connectivity index (χ1) is 8.58. The number of ether oxygens (including phenoxy) is 2. The maximum Gasteiger partial charge on any atom is 0.336 e.